The van der Waals surface area contributed by atoms with E-state index in [0.717, 1.165) is 5.69 Å². The van der Waals surface area contributed by atoms with Crippen molar-refractivity contribution >= 4 is 35.1 Å². The van der Waals surface area contributed by atoms with E-state index >= 15 is 0 Å². The van der Waals surface area contributed by atoms with E-state index in [0.29, 0.717) is 5.69 Å². The molecule has 1 aliphatic heterocycles. The molecule has 0 bridgehead atoms. The zero-order chi connectivity index (χ0) is 19.2. The van der Waals surface area contributed by atoms with Gasteiger partial charge in [0.05, 0.1) is 6.42 Å². The van der Waals surface area contributed by atoms with Crippen LogP contribution in [0, 0.1) is 5.82 Å². The van der Waals surface area contributed by atoms with Gasteiger partial charge in [-0.3, -0.25) is 14.9 Å². The number of rotatable bonds is 4. The van der Waals surface area contributed by atoms with Crippen molar-refractivity contribution in [3.05, 3.63) is 60.4 Å². The highest BCUT2D eigenvalue weighted by atomic mass is 19.1. The van der Waals surface area contributed by atoms with Gasteiger partial charge in [-0.25, -0.2) is 9.38 Å². The molecule has 0 saturated carbocycles. The van der Waals surface area contributed by atoms with Gasteiger partial charge in [0.1, 0.15) is 11.9 Å². The minimum absolute atomic E-state index is 0.0180. The lowest BCUT2D eigenvalue weighted by Gasteiger charge is -2.06. The van der Waals surface area contributed by atoms with Crippen molar-refractivity contribution in [1.29, 1.82) is 0 Å². The lowest BCUT2D eigenvalue weighted by Crippen LogP contribution is -2.32. The second-order valence-corrected chi connectivity index (χ2v) is 5.71. The van der Waals surface area contributed by atoms with Gasteiger partial charge in [-0.2, -0.15) is 4.99 Å². The third kappa shape index (κ3) is 5.11. The molecule has 27 heavy (non-hydrogen) atoms. The molecule has 0 aromatic heterocycles. The number of amides is 2. The van der Waals surface area contributed by atoms with Crippen molar-refractivity contribution < 1.29 is 14.0 Å². The summed E-state index contributed by atoms with van der Waals surface area (Å²) in [5.41, 5.74) is 6.82. The zero-order valence-corrected chi connectivity index (χ0v) is 14.1. The lowest BCUT2D eigenvalue weighted by atomic mass is 10.2. The van der Waals surface area contributed by atoms with Crippen LogP contribution in [-0.4, -0.2) is 29.8 Å². The van der Waals surface area contributed by atoms with Crippen LogP contribution < -0.4 is 21.7 Å². The molecule has 2 aromatic rings. The molecule has 1 atom stereocenters. The lowest BCUT2D eigenvalue weighted by molar-refractivity contribution is -0.123. The Bertz CT molecular complexity index is 913. The van der Waals surface area contributed by atoms with E-state index in [1.165, 1.54) is 18.2 Å². The number of halogens is 1. The first-order valence-corrected chi connectivity index (χ1v) is 8.10. The van der Waals surface area contributed by atoms with Crippen molar-refractivity contribution in [1.82, 2.24) is 5.32 Å². The fourth-order valence-electron chi connectivity index (χ4n) is 2.39. The molecule has 0 unspecified atom stereocenters. The summed E-state index contributed by atoms with van der Waals surface area (Å²) in [6.45, 7) is 0. The van der Waals surface area contributed by atoms with Crippen LogP contribution in [0.1, 0.15) is 6.42 Å². The van der Waals surface area contributed by atoms with Gasteiger partial charge in [0.15, 0.2) is 0 Å². The number of nitrogens with zero attached hydrogens (tertiary/aromatic N) is 2. The Balaban J connectivity index is 1.60. The topological polar surface area (TPSA) is 121 Å². The SMILES string of the molecule is NC(=NC1=N[C@H](CC(=O)Nc2cccc(F)c2)C(=O)N1)Nc1ccccc1. The van der Waals surface area contributed by atoms with Crippen molar-refractivity contribution in [2.45, 2.75) is 12.5 Å². The maximum atomic E-state index is 13.1. The van der Waals surface area contributed by atoms with E-state index in [9.17, 15) is 14.0 Å². The first kappa shape index (κ1) is 18.1. The van der Waals surface area contributed by atoms with Crippen LogP contribution in [-0.2, 0) is 9.59 Å². The quantitative estimate of drug-likeness (QED) is 0.482. The van der Waals surface area contributed by atoms with Crippen LogP contribution in [0.4, 0.5) is 15.8 Å². The van der Waals surface area contributed by atoms with E-state index < -0.39 is 23.7 Å². The summed E-state index contributed by atoms with van der Waals surface area (Å²) in [6, 6.07) is 13.7. The Kier molecular flexibility index (Phi) is 5.41. The number of nitrogens with one attached hydrogen (secondary N) is 3. The number of carbonyl (C=O) groups excluding carboxylic acids is 2. The third-order valence-electron chi connectivity index (χ3n) is 3.58. The number of nitrogens with two attached hydrogens (primary N) is 1. The number of aliphatic imine (C=N–C) groups is 2. The van der Waals surface area contributed by atoms with Crippen molar-refractivity contribution in [2.75, 3.05) is 10.6 Å². The minimum atomic E-state index is -0.929. The molecule has 138 valence electrons. The largest absolute Gasteiger partial charge is 0.369 e. The van der Waals surface area contributed by atoms with E-state index in [1.807, 2.05) is 18.2 Å². The molecule has 1 aliphatic rings. The van der Waals surface area contributed by atoms with Crippen LogP contribution >= 0.6 is 0 Å². The average molecular weight is 368 g/mol. The van der Waals surface area contributed by atoms with Crippen molar-refractivity contribution in [2.24, 2.45) is 15.7 Å². The molecule has 0 spiro atoms. The molecule has 0 aliphatic carbocycles. The smallest absolute Gasteiger partial charge is 0.252 e. The van der Waals surface area contributed by atoms with Gasteiger partial charge in [0, 0.05) is 11.4 Å². The first-order valence-electron chi connectivity index (χ1n) is 8.10. The van der Waals surface area contributed by atoms with Gasteiger partial charge in [-0.1, -0.05) is 24.3 Å². The molecule has 0 radical (unpaired) electrons. The van der Waals surface area contributed by atoms with Gasteiger partial charge >= 0.3 is 0 Å². The first-order chi connectivity index (χ1) is 13.0. The van der Waals surface area contributed by atoms with Gasteiger partial charge in [0.2, 0.25) is 17.8 Å². The summed E-state index contributed by atoms with van der Waals surface area (Å²) in [6.07, 6.45) is -0.201. The Labute approximate surface area is 154 Å². The number of para-hydroxylation sites is 1. The second-order valence-electron chi connectivity index (χ2n) is 5.71. The predicted molar refractivity (Wildman–Crippen MR) is 101 cm³/mol. The van der Waals surface area contributed by atoms with Gasteiger partial charge in [-0.05, 0) is 30.3 Å². The van der Waals surface area contributed by atoms with Gasteiger partial charge in [0.25, 0.3) is 5.91 Å². The fraction of sp³-hybridized carbons (Fsp3) is 0.111. The van der Waals surface area contributed by atoms with Gasteiger partial charge < -0.3 is 16.4 Å². The molecular weight excluding hydrogens is 351 g/mol. The van der Waals surface area contributed by atoms with Crippen molar-refractivity contribution in [3.63, 3.8) is 0 Å². The van der Waals surface area contributed by atoms with E-state index in [4.69, 9.17) is 5.73 Å². The highest BCUT2D eigenvalue weighted by Gasteiger charge is 2.28. The fourth-order valence-corrected chi connectivity index (χ4v) is 2.39. The van der Waals surface area contributed by atoms with E-state index in [2.05, 4.69) is 25.9 Å². The Hall–Kier alpha value is -3.75. The highest BCUT2D eigenvalue weighted by Crippen LogP contribution is 2.12. The summed E-state index contributed by atoms with van der Waals surface area (Å²) >= 11 is 0. The maximum Gasteiger partial charge on any atom is 0.252 e. The summed E-state index contributed by atoms with van der Waals surface area (Å²) < 4.78 is 13.1. The normalized spacial score (nSPS) is 16.5. The predicted octanol–water partition coefficient (Wildman–Crippen LogP) is 1.44. The molecular formula is C18H17FN6O2. The standard InChI is InChI=1S/C18H17FN6O2/c19-11-5-4-8-13(9-11)21-15(26)10-14-16(27)24-18(23-14)25-17(20)22-12-6-2-1-3-7-12/h1-9,14H,10H2,(H,21,26)(H4,20,22,23,24,25,27)/t14-/m1/s1. The summed E-state index contributed by atoms with van der Waals surface area (Å²) in [4.78, 5) is 32.1. The number of guanidine groups is 2. The number of anilines is 2. The van der Waals surface area contributed by atoms with Crippen LogP contribution in [0.3, 0.4) is 0 Å². The molecule has 0 fully saturated rings. The monoisotopic (exact) mass is 368 g/mol. The third-order valence-corrected chi connectivity index (χ3v) is 3.58. The van der Waals surface area contributed by atoms with Crippen LogP contribution in [0.5, 0.6) is 0 Å². The molecule has 2 aromatic carbocycles. The molecule has 5 N–H and O–H groups in total. The molecule has 8 nitrogen and oxygen atoms in total. The Morgan fingerprint density at radius 3 is 2.63 bits per heavy atom. The second kappa shape index (κ2) is 8.09. The van der Waals surface area contributed by atoms with Crippen molar-refractivity contribution in [3.8, 4) is 0 Å². The Morgan fingerprint density at radius 2 is 1.89 bits per heavy atom. The number of carbonyl (C=O) groups is 2. The Morgan fingerprint density at radius 1 is 1.15 bits per heavy atom. The maximum absolute atomic E-state index is 13.1. The van der Waals surface area contributed by atoms with Crippen LogP contribution in [0.2, 0.25) is 0 Å². The minimum Gasteiger partial charge on any atom is -0.369 e. The molecule has 9 heteroatoms. The number of hydrogen-bond donors (Lipinski definition) is 4. The highest BCUT2D eigenvalue weighted by molar-refractivity contribution is 6.11. The molecule has 0 saturated heterocycles. The molecule has 1 heterocycles. The zero-order valence-electron chi connectivity index (χ0n) is 14.1. The molecule has 2 amide bonds. The van der Waals surface area contributed by atoms with Crippen LogP contribution in [0.15, 0.2) is 64.6 Å². The average Bonchev–Trinajstić information content (AvgIpc) is 2.94. The summed E-state index contributed by atoms with van der Waals surface area (Å²) in [7, 11) is 0. The van der Waals surface area contributed by atoms with Crippen LogP contribution in [0.25, 0.3) is 0 Å². The summed E-state index contributed by atoms with van der Waals surface area (Å²) in [5.74, 6) is -1.34. The van der Waals surface area contributed by atoms with E-state index in [-0.39, 0.29) is 18.3 Å². The number of hydrogen-bond acceptors (Lipinski definition) is 4. The summed E-state index contributed by atoms with van der Waals surface area (Å²) in [5, 5.41) is 7.84. The van der Waals surface area contributed by atoms with E-state index in [1.54, 1.807) is 18.2 Å². The van der Waals surface area contributed by atoms with Gasteiger partial charge in [-0.15, -0.1) is 0 Å². The number of benzene rings is 2. The molecule has 3 rings (SSSR count).